The van der Waals surface area contributed by atoms with Crippen molar-refractivity contribution < 1.29 is 9.53 Å². The first-order valence-electron chi connectivity index (χ1n) is 6.45. The summed E-state index contributed by atoms with van der Waals surface area (Å²) in [5.41, 5.74) is 0.559. The lowest BCUT2D eigenvalue weighted by molar-refractivity contribution is 0.0927. The van der Waals surface area contributed by atoms with Crippen molar-refractivity contribution >= 4 is 33.4 Å². The molecule has 5 heteroatoms. The summed E-state index contributed by atoms with van der Waals surface area (Å²) in [7, 11) is 1.55. The Morgan fingerprint density at radius 1 is 1.37 bits per heavy atom. The molecule has 1 aromatic carbocycles. The van der Waals surface area contributed by atoms with Crippen LogP contribution in [-0.2, 0) is 0 Å². The van der Waals surface area contributed by atoms with Crippen molar-refractivity contribution in [3.63, 3.8) is 0 Å². The van der Waals surface area contributed by atoms with Gasteiger partial charge >= 0.3 is 0 Å². The lowest BCUT2D eigenvalue weighted by atomic mass is 9.95. The van der Waals surface area contributed by atoms with Crippen LogP contribution in [0.3, 0.4) is 0 Å². The fraction of sp³-hybridized carbons (Fsp3) is 0.500. The highest BCUT2D eigenvalue weighted by atomic mass is 79.9. The van der Waals surface area contributed by atoms with E-state index in [1.807, 2.05) is 0 Å². The van der Waals surface area contributed by atoms with Crippen LogP contribution in [0.2, 0.25) is 5.02 Å². The molecule has 3 nitrogen and oxygen atoms in total. The Balaban J connectivity index is 2.10. The van der Waals surface area contributed by atoms with E-state index in [-0.39, 0.29) is 5.91 Å². The number of hydrogen-bond donors (Lipinski definition) is 1. The third kappa shape index (κ3) is 3.63. The maximum atomic E-state index is 12.2. The van der Waals surface area contributed by atoms with Crippen molar-refractivity contribution in [3.05, 3.63) is 27.2 Å². The second-order valence-electron chi connectivity index (χ2n) is 4.78. The van der Waals surface area contributed by atoms with Gasteiger partial charge in [0.25, 0.3) is 5.91 Å². The van der Waals surface area contributed by atoms with E-state index in [9.17, 15) is 4.79 Å². The van der Waals surface area contributed by atoms with Crippen LogP contribution >= 0.6 is 27.5 Å². The number of rotatable bonds is 3. The van der Waals surface area contributed by atoms with E-state index >= 15 is 0 Å². The summed E-state index contributed by atoms with van der Waals surface area (Å²) in [4.78, 5) is 12.2. The number of carbonyl (C=O) groups excluding carboxylic acids is 1. The molecule has 1 aromatic rings. The van der Waals surface area contributed by atoms with E-state index in [0.717, 1.165) is 12.8 Å². The van der Waals surface area contributed by atoms with Crippen molar-refractivity contribution in [1.82, 2.24) is 5.32 Å². The smallest absolute Gasteiger partial charge is 0.251 e. The van der Waals surface area contributed by atoms with Gasteiger partial charge in [0.2, 0.25) is 0 Å². The zero-order valence-electron chi connectivity index (χ0n) is 10.8. The van der Waals surface area contributed by atoms with Gasteiger partial charge in [0, 0.05) is 11.6 Å². The molecule has 104 valence electrons. The highest BCUT2D eigenvalue weighted by Gasteiger charge is 2.18. The number of ether oxygens (including phenoxy) is 1. The van der Waals surface area contributed by atoms with Crippen LogP contribution in [0.25, 0.3) is 0 Å². The molecule has 0 radical (unpaired) electrons. The molecule has 0 spiro atoms. The summed E-state index contributed by atoms with van der Waals surface area (Å²) in [6, 6.07) is 3.67. The SMILES string of the molecule is COc1c(Cl)cc(C(=O)NC2CCCCC2)cc1Br. The molecule has 0 unspecified atom stereocenters. The van der Waals surface area contributed by atoms with E-state index < -0.39 is 0 Å². The van der Waals surface area contributed by atoms with Crippen molar-refractivity contribution in [2.24, 2.45) is 0 Å². The predicted octanol–water partition coefficient (Wildman–Crippen LogP) is 4.17. The quantitative estimate of drug-likeness (QED) is 0.892. The van der Waals surface area contributed by atoms with Gasteiger partial charge in [-0.1, -0.05) is 30.9 Å². The predicted molar refractivity (Wildman–Crippen MR) is 80.0 cm³/mol. The van der Waals surface area contributed by atoms with Gasteiger partial charge in [-0.2, -0.15) is 0 Å². The topological polar surface area (TPSA) is 38.3 Å². The number of methoxy groups -OCH3 is 1. The lowest BCUT2D eigenvalue weighted by Crippen LogP contribution is -2.36. The van der Waals surface area contributed by atoms with Crippen LogP contribution in [0.1, 0.15) is 42.5 Å². The zero-order chi connectivity index (χ0) is 13.8. The molecule has 1 amide bonds. The fourth-order valence-corrected chi connectivity index (χ4v) is 3.43. The molecular weight excluding hydrogens is 330 g/mol. The number of benzene rings is 1. The second-order valence-corrected chi connectivity index (χ2v) is 6.04. The molecule has 0 atom stereocenters. The van der Waals surface area contributed by atoms with Gasteiger partial charge in [0.15, 0.2) is 5.75 Å². The Labute approximate surface area is 126 Å². The summed E-state index contributed by atoms with van der Waals surface area (Å²) >= 11 is 9.45. The van der Waals surface area contributed by atoms with Crippen LogP contribution < -0.4 is 10.1 Å². The van der Waals surface area contributed by atoms with Crippen molar-refractivity contribution in [1.29, 1.82) is 0 Å². The Hall–Kier alpha value is -0.740. The van der Waals surface area contributed by atoms with Crippen LogP contribution in [0.4, 0.5) is 0 Å². The van der Waals surface area contributed by atoms with Crippen LogP contribution in [0.15, 0.2) is 16.6 Å². The minimum Gasteiger partial charge on any atom is -0.494 e. The Morgan fingerprint density at radius 3 is 2.63 bits per heavy atom. The van der Waals surface area contributed by atoms with E-state index in [0.29, 0.717) is 26.9 Å². The molecule has 1 fully saturated rings. The molecule has 0 saturated heterocycles. The average Bonchev–Trinajstić information content (AvgIpc) is 2.39. The van der Waals surface area contributed by atoms with Gasteiger partial charge in [0.1, 0.15) is 0 Å². The molecule has 0 heterocycles. The van der Waals surface area contributed by atoms with E-state index in [1.54, 1.807) is 19.2 Å². The minimum absolute atomic E-state index is 0.0721. The molecular formula is C14H17BrClNO2. The molecule has 0 bridgehead atoms. The first-order chi connectivity index (χ1) is 9.11. The highest BCUT2D eigenvalue weighted by molar-refractivity contribution is 9.10. The third-order valence-electron chi connectivity index (χ3n) is 3.40. The van der Waals surface area contributed by atoms with Crippen molar-refractivity contribution in [3.8, 4) is 5.75 Å². The van der Waals surface area contributed by atoms with Crippen molar-refractivity contribution in [2.75, 3.05) is 7.11 Å². The molecule has 0 aromatic heterocycles. The first kappa shape index (κ1) is 14.7. The highest BCUT2D eigenvalue weighted by Crippen LogP contribution is 2.34. The number of nitrogens with one attached hydrogen (secondary N) is 1. The molecule has 2 rings (SSSR count). The summed E-state index contributed by atoms with van der Waals surface area (Å²) in [6.45, 7) is 0. The van der Waals surface area contributed by atoms with E-state index in [1.165, 1.54) is 19.3 Å². The summed E-state index contributed by atoms with van der Waals surface area (Å²) in [6.07, 6.45) is 5.79. The molecule has 1 aliphatic carbocycles. The Kier molecular flexibility index (Phi) is 5.11. The monoisotopic (exact) mass is 345 g/mol. The zero-order valence-corrected chi connectivity index (χ0v) is 13.2. The standard InChI is InChI=1S/C14H17BrClNO2/c1-19-13-11(15)7-9(8-12(13)16)14(18)17-10-5-3-2-4-6-10/h7-8,10H,2-6H2,1H3,(H,17,18). The van der Waals surface area contributed by atoms with Crippen molar-refractivity contribution in [2.45, 2.75) is 38.1 Å². The maximum absolute atomic E-state index is 12.2. The number of amides is 1. The molecule has 19 heavy (non-hydrogen) atoms. The number of hydrogen-bond acceptors (Lipinski definition) is 2. The normalized spacial score (nSPS) is 16.2. The second kappa shape index (κ2) is 6.62. The molecule has 1 saturated carbocycles. The van der Waals surface area contributed by atoms with Crippen LogP contribution in [0.5, 0.6) is 5.75 Å². The maximum Gasteiger partial charge on any atom is 0.251 e. The summed E-state index contributed by atoms with van der Waals surface area (Å²) in [5.74, 6) is 0.480. The lowest BCUT2D eigenvalue weighted by Gasteiger charge is -2.23. The average molecular weight is 347 g/mol. The molecule has 0 aliphatic heterocycles. The summed E-state index contributed by atoms with van der Waals surface area (Å²) < 4.78 is 5.84. The van der Waals surface area contributed by atoms with Crippen LogP contribution in [-0.4, -0.2) is 19.1 Å². The summed E-state index contributed by atoms with van der Waals surface area (Å²) in [5, 5.41) is 3.50. The third-order valence-corrected chi connectivity index (χ3v) is 4.27. The Bertz CT molecular complexity index is 450. The van der Waals surface area contributed by atoms with Gasteiger partial charge in [-0.3, -0.25) is 4.79 Å². The molecule has 1 N–H and O–H groups in total. The van der Waals surface area contributed by atoms with Crippen LogP contribution in [0, 0.1) is 0 Å². The van der Waals surface area contributed by atoms with Gasteiger partial charge in [-0.05, 0) is 40.9 Å². The van der Waals surface area contributed by atoms with Gasteiger partial charge < -0.3 is 10.1 Å². The van der Waals surface area contributed by atoms with E-state index in [2.05, 4.69) is 21.2 Å². The van der Waals surface area contributed by atoms with Gasteiger partial charge in [-0.15, -0.1) is 0 Å². The van der Waals surface area contributed by atoms with Gasteiger partial charge in [0.05, 0.1) is 16.6 Å². The van der Waals surface area contributed by atoms with E-state index in [4.69, 9.17) is 16.3 Å². The first-order valence-corrected chi connectivity index (χ1v) is 7.63. The van der Waals surface area contributed by atoms with Gasteiger partial charge in [-0.25, -0.2) is 0 Å². The minimum atomic E-state index is -0.0721. The fourth-order valence-electron chi connectivity index (χ4n) is 2.40. The number of halogens is 2. The Morgan fingerprint density at radius 2 is 2.05 bits per heavy atom. The number of carbonyl (C=O) groups is 1. The molecule has 1 aliphatic rings. The largest absolute Gasteiger partial charge is 0.494 e.